The number of thiocarbonyl (C=S) groups is 1. The Morgan fingerprint density at radius 2 is 1.76 bits per heavy atom. The molecule has 4 nitrogen and oxygen atoms in total. The lowest BCUT2D eigenvalue weighted by Crippen LogP contribution is -2.34. The minimum Gasteiger partial charge on any atom is -0.359 e. The van der Waals surface area contributed by atoms with E-state index in [0.717, 1.165) is 11.1 Å². The maximum Gasteiger partial charge on any atom is 0.166 e. The van der Waals surface area contributed by atoms with Gasteiger partial charge in [0.15, 0.2) is 5.11 Å². The first-order valence-electron chi connectivity index (χ1n) is 6.88. The molecule has 0 amide bonds. The highest BCUT2D eigenvalue weighted by atomic mass is 32.1. The van der Waals surface area contributed by atoms with E-state index in [1.165, 1.54) is 11.1 Å². The van der Waals surface area contributed by atoms with Crippen LogP contribution in [0.15, 0.2) is 42.7 Å². The molecule has 1 heterocycles. The highest BCUT2D eigenvalue weighted by molar-refractivity contribution is 7.80. The molecule has 0 saturated carbocycles. The minimum absolute atomic E-state index is 0.536. The summed E-state index contributed by atoms with van der Waals surface area (Å²) >= 11 is 5.31. The van der Waals surface area contributed by atoms with Crippen molar-refractivity contribution in [1.29, 1.82) is 0 Å². The SMILES string of the molecule is Cc1cnccc1CNC(=S)NCc1ccccc1CN. The maximum absolute atomic E-state index is 5.73. The lowest BCUT2D eigenvalue weighted by molar-refractivity contribution is 0.819. The van der Waals surface area contributed by atoms with E-state index in [1.54, 1.807) is 6.20 Å². The first-order valence-corrected chi connectivity index (χ1v) is 7.29. The van der Waals surface area contributed by atoms with Crippen molar-refractivity contribution in [2.24, 2.45) is 5.73 Å². The number of aryl methyl sites for hydroxylation is 1. The molecule has 1 aromatic heterocycles. The van der Waals surface area contributed by atoms with E-state index in [9.17, 15) is 0 Å². The molecule has 0 aliphatic heterocycles. The van der Waals surface area contributed by atoms with E-state index < -0.39 is 0 Å². The van der Waals surface area contributed by atoms with Crippen LogP contribution in [0.5, 0.6) is 0 Å². The van der Waals surface area contributed by atoms with E-state index in [4.69, 9.17) is 18.0 Å². The monoisotopic (exact) mass is 300 g/mol. The van der Waals surface area contributed by atoms with Crippen molar-refractivity contribution in [3.63, 3.8) is 0 Å². The first-order chi connectivity index (χ1) is 10.2. The standard InChI is InChI=1S/C16H20N4S/c1-12-9-18-7-6-14(12)10-19-16(21)20-11-15-5-3-2-4-13(15)8-17/h2-7,9H,8,10-11,17H2,1H3,(H2,19,20,21). The van der Waals surface area contributed by atoms with Gasteiger partial charge in [-0.3, -0.25) is 4.98 Å². The number of hydrogen-bond donors (Lipinski definition) is 3. The summed E-state index contributed by atoms with van der Waals surface area (Å²) in [5.41, 5.74) is 10.4. The van der Waals surface area contributed by atoms with Gasteiger partial charge in [0, 0.05) is 32.0 Å². The zero-order valence-electron chi connectivity index (χ0n) is 12.1. The zero-order valence-corrected chi connectivity index (χ0v) is 12.9. The van der Waals surface area contributed by atoms with Crippen molar-refractivity contribution in [3.8, 4) is 0 Å². The number of nitrogens with zero attached hydrogens (tertiary/aromatic N) is 1. The zero-order chi connectivity index (χ0) is 15.1. The molecule has 0 unspecified atom stereocenters. The molecule has 0 radical (unpaired) electrons. The molecule has 4 N–H and O–H groups in total. The normalized spacial score (nSPS) is 10.2. The third-order valence-electron chi connectivity index (χ3n) is 3.35. The Morgan fingerprint density at radius 1 is 1.10 bits per heavy atom. The van der Waals surface area contributed by atoms with Gasteiger partial charge < -0.3 is 16.4 Å². The van der Waals surface area contributed by atoms with E-state index in [-0.39, 0.29) is 0 Å². The summed E-state index contributed by atoms with van der Waals surface area (Å²) in [6.45, 7) is 3.94. The minimum atomic E-state index is 0.536. The highest BCUT2D eigenvalue weighted by Gasteiger charge is 2.02. The smallest absolute Gasteiger partial charge is 0.166 e. The number of benzene rings is 1. The van der Waals surface area contributed by atoms with Gasteiger partial charge in [-0.2, -0.15) is 0 Å². The van der Waals surface area contributed by atoms with Crippen molar-refractivity contribution in [2.45, 2.75) is 26.6 Å². The van der Waals surface area contributed by atoms with Gasteiger partial charge >= 0.3 is 0 Å². The van der Waals surface area contributed by atoms with Crippen molar-refractivity contribution in [3.05, 3.63) is 65.0 Å². The summed E-state index contributed by atoms with van der Waals surface area (Å²) in [5.74, 6) is 0. The highest BCUT2D eigenvalue weighted by Crippen LogP contribution is 2.07. The predicted octanol–water partition coefficient (Wildman–Crippen LogP) is 2.01. The Hall–Kier alpha value is -1.98. The van der Waals surface area contributed by atoms with Gasteiger partial charge in [-0.1, -0.05) is 24.3 Å². The number of rotatable bonds is 5. The second-order valence-electron chi connectivity index (χ2n) is 4.81. The molecule has 0 aliphatic rings. The molecule has 2 aromatic rings. The molecule has 1 aromatic carbocycles. The predicted molar refractivity (Wildman–Crippen MR) is 89.6 cm³/mol. The molecule has 21 heavy (non-hydrogen) atoms. The second-order valence-corrected chi connectivity index (χ2v) is 5.22. The van der Waals surface area contributed by atoms with Crippen LogP contribution in [0.2, 0.25) is 0 Å². The van der Waals surface area contributed by atoms with Gasteiger partial charge in [0.05, 0.1) is 0 Å². The second kappa shape index (κ2) is 7.71. The molecule has 5 heteroatoms. The fourth-order valence-electron chi connectivity index (χ4n) is 2.04. The first kappa shape index (κ1) is 15.4. The number of nitrogens with two attached hydrogens (primary N) is 1. The summed E-state index contributed by atoms with van der Waals surface area (Å²) in [6.07, 6.45) is 3.64. The Morgan fingerprint density at radius 3 is 2.43 bits per heavy atom. The molecule has 0 saturated heterocycles. The largest absolute Gasteiger partial charge is 0.359 e. The fourth-order valence-corrected chi connectivity index (χ4v) is 2.19. The Kier molecular flexibility index (Phi) is 5.66. The van der Waals surface area contributed by atoms with Crippen LogP contribution >= 0.6 is 12.2 Å². The van der Waals surface area contributed by atoms with E-state index in [1.807, 2.05) is 37.4 Å². The molecule has 0 bridgehead atoms. The van der Waals surface area contributed by atoms with Crippen LogP contribution in [-0.2, 0) is 19.6 Å². The lowest BCUT2D eigenvalue weighted by atomic mass is 10.1. The van der Waals surface area contributed by atoms with Crippen molar-refractivity contribution < 1.29 is 0 Å². The number of aromatic nitrogens is 1. The molecular formula is C16H20N4S. The molecule has 0 aliphatic carbocycles. The number of nitrogens with one attached hydrogen (secondary N) is 2. The quantitative estimate of drug-likeness (QED) is 0.737. The van der Waals surface area contributed by atoms with Gasteiger partial charge in [-0.05, 0) is 47.5 Å². The van der Waals surface area contributed by atoms with Gasteiger partial charge in [-0.15, -0.1) is 0 Å². The summed E-state index contributed by atoms with van der Waals surface area (Å²) in [5, 5.41) is 7.06. The van der Waals surface area contributed by atoms with Gasteiger partial charge in [0.1, 0.15) is 0 Å². The lowest BCUT2D eigenvalue weighted by Gasteiger charge is -2.13. The average Bonchev–Trinajstić information content (AvgIpc) is 2.52. The van der Waals surface area contributed by atoms with Crippen LogP contribution in [0.25, 0.3) is 0 Å². The van der Waals surface area contributed by atoms with Crippen LogP contribution in [0.4, 0.5) is 0 Å². The van der Waals surface area contributed by atoms with Gasteiger partial charge in [0.2, 0.25) is 0 Å². The molecule has 2 rings (SSSR count). The average molecular weight is 300 g/mol. The maximum atomic E-state index is 5.73. The Bertz CT molecular complexity index is 613. The van der Waals surface area contributed by atoms with E-state index in [0.29, 0.717) is 24.7 Å². The van der Waals surface area contributed by atoms with E-state index in [2.05, 4.69) is 21.7 Å². The molecule has 110 valence electrons. The topological polar surface area (TPSA) is 63.0 Å². The molecular weight excluding hydrogens is 280 g/mol. The van der Waals surface area contributed by atoms with E-state index >= 15 is 0 Å². The summed E-state index contributed by atoms with van der Waals surface area (Å²) in [4.78, 5) is 4.08. The van der Waals surface area contributed by atoms with Gasteiger partial charge in [-0.25, -0.2) is 0 Å². The van der Waals surface area contributed by atoms with Crippen LogP contribution in [0.3, 0.4) is 0 Å². The third kappa shape index (κ3) is 4.51. The Labute approximate surface area is 130 Å². The third-order valence-corrected chi connectivity index (χ3v) is 3.64. The Balaban J connectivity index is 1.84. The van der Waals surface area contributed by atoms with Crippen LogP contribution < -0.4 is 16.4 Å². The summed E-state index contributed by atoms with van der Waals surface area (Å²) < 4.78 is 0. The van der Waals surface area contributed by atoms with Crippen molar-refractivity contribution in [2.75, 3.05) is 0 Å². The molecule has 0 fully saturated rings. The molecule has 0 atom stereocenters. The van der Waals surface area contributed by atoms with Crippen molar-refractivity contribution in [1.82, 2.24) is 15.6 Å². The molecule has 0 spiro atoms. The van der Waals surface area contributed by atoms with Crippen LogP contribution in [-0.4, -0.2) is 10.1 Å². The van der Waals surface area contributed by atoms with Crippen LogP contribution in [0.1, 0.15) is 22.3 Å². The summed E-state index contributed by atoms with van der Waals surface area (Å²) in [7, 11) is 0. The van der Waals surface area contributed by atoms with Crippen molar-refractivity contribution >= 4 is 17.3 Å². The van der Waals surface area contributed by atoms with Gasteiger partial charge in [0.25, 0.3) is 0 Å². The fraction of sp³-hybridized carbons (Fsp3) is 0.250. The number of hydrogen-bond acceptors (Lipinski definition) is 3. The number of pyridine rings is 1. The van der Waals surface area contributed by atoms with Crippen LogP contribution in [0, 0.1) is 6.92 Å². The summed E-state index contributed by atoms with van der Waals surface area (Å²) in [6, 6.07) is 10.1.